The van der Waals surface area contributed by atoms with Crippen molar-refractivity contribution < 1.29 is 14.6 Å². The Labute approximate surface area is 106 Å². The van der Waals surface area contributed by atoms with E-state index in [1.807, 2.05) is 18.2 Å². The number of rotatable bonds is 1. The van der Waals surface area contributed by atoms with Crippen LogP contribution in [-0.2, 0) is 5.41 Å². The maximum Gasteiger partial charge on any atom is 0.256 e. The molecular formula is C13H17ClO3. The van der Waals surface area contributed by atoms with Gasteiger partial charge in [0.1, 0.15) is 0 Å². The Balaban J connectivity index is 2.36. The summed E-state index contributed by atoms with van der Waals surface area (Å²) in [6, 6.07) is 5.77. The van der Waals surface area contributed by atoms with Crippen molar-refractivity contribution in [2.45, 2.75) is 32.0 Å². The third-order valence-electron chi connectivity index (χ3n) is 2.77. The molecule has 1 aromatic carbocycles. The van der Waals surface area contributed by atoms with Gasteiger partial charge in [-0.3, -0.25) is 0 Å². The van der Waals surface area contributed by atoms with Crippen molar-refractivity contribution in [1.29, 1.82) is 0 Å². The highest BCUT2D eigenvalue weighted by Crippen LogP contribution is 2.38. The fraction of sp³-hybridized carbons (Fsp3) is 0.538. The molecule has 0 saturated carbocycles. The second-order valence-corrected chi connectivity index (χ2v) is 5.65. The van der Waals surface area contributed by atoms with Gasteiger partial charge >= 0.3 is 0 Å². The summed E-state index contributed by atoms with van der Waals surface area (Å²) in [5, 5.41) is 9.94. The molecule has 1 aromatic rings. The van der Waals surface area contributed by atoms with Crippen molar-refractivity contribution in [2.75, 3.05) is 12.5 Å². The second kappa shape index (κ2) is 4.07. The Bertz CT molecular complexity index is 425. The van der Waals surface area contributed by atoms with Crippen LogP contribution in [0.3, 0.4) is 0 Å². The zero-order valence-corrected chi connectivity index (χ0v) is 11.0. The molecule has 0 spiro atoms. The van der Waals surface area contributed by atoms with E-state index in [1.165, 1.54) is 0 Å². The summed E-state index contributed by atoms with van der Waals surface area (Å²) in [6.45, 7) is 6.41. The van der Waals surface area contributed by atoms with E-state index in [-0.39, 0.29) is 17.9 Å². The minimum atomic E-state index is -1.43. The van der Waals surface area contributed by atoms with Gasteiger partial charge in [0.15, 0.2) is 18.1 Å². The normalized spacial score (nSPS) is 23.6. The highest BCUT2D eigenvalue weighted by molar-refractivity contribution is 6.18. The highest BCUT2D eigenvalue weighted by atomic mass is 35.5. The zero-order chi connectivity index (χ0) is 12.7. The first-order valence-corrected chi connectivity index (χ1v) is 6.12. The fourth-order valence-electron chi connectivity index (χ4n) is 1.66. The molecule has 0 bridgehead atoms. The number of hydrogen-bond acceptors (Lipinski definition) is 3. The van der Waals surface area contributed by atoms with Gasteiger partial charge in [0.25, 0.3) is 5.79 Å². The van der Waals surface area contributed by atoms with Crippen LogP contribution in [0.5, 0.6) is 11.5 Å². The van der Waals surface area contributed by atoms with Gasteiger partial charge in [-0.05, 0) is 23.1 Å². The maximum atomic E-state index is 9.94. The predicted octanol–water partition coefficient (Wildman–Crippen LogP) is 2.68. The lowest BCUT2D eigenvalue weighted by atomic mass is 9.87. The molecule has 0 fully saturated rings. The van der Waals surface area contributed by atoms with E-state index < -0.39 is 5.79 Å². The maximum absolute atomic E-state index is 9.94. The van der Waals surface area contributed by atoms with E-state index in [4.69, 9.17) is 21.1 Å². The van der Waals surface area contributed by atoms with Crippen LogP contribution in [0.25, 0.3) is 0 Å². The second-order valence-electron chi connectivity index (χ2n) is 5.38. The van der Waals surface area contributed by atoms with Crippen molar-refractivity contribution in [1.82, 2.24) is 0 Å². The van der Waals surface area contributed by atoms with Gasteiger partial charge in [-0.15, -0.1) is 11.6 Å². The quantitative estimate of drug-likeness (QED) is 0.786. The van der Waals surface area contributed by atoms with Gasteiger partial charge in [-0.2, -0.15) is 0 Å². The first-order valence-electron chi connectivity index (χ1n) is 5.59. The van der Waals surface area contributed by atoms with Gasteiger partial charge < -0.3 is 14.6 Å². The average Bonchev–Trinajstić information content (AvgIpc) is 2.27. The van der Waals surface area contributed by atoms with Crippen molar-refractivity contribution in [3.05, 3.63) is 23.8 Å². The number of hydrogen-bond donors (Lipinski definition) is 1. The van der Waals surface area contributed by atoms with Gasteiger partial charge in [-0.25, -0.2) is 0 Å². The summed E-state index contributed by atoms with van der Waals surface area (Å²) in [5.74, 6) is -0.253. The lowest BCUT2D eigenvalue weighted by Crippen LogP contribution is -2.46. The summed E-state index contributed by atoms with van der Waals surface area (Å²) < 4.78 is 10.9. The van der Waals surface area contributed by atoms with Crippen LogP contribution in [0.15, 0.2) is 18.2 Å². The zero-order valence-electron chi connectivity index (χ0n) is 10.3. The third-order valence-corrected chi connectivity index (χ3v) is 3.19. The third kappa shape index (κ3) is 2.50. The standard InChI is InChI=1S/C13H17ClO3/c1-12(2,3)9-4-5-10-11(6-9)17-13(15,7-14)8-16-10/h4-6,15H,7-8H2,1-3H3. The monoisotopic (exact) mass is 256 g/mol. The Morgan fingerprint density at radius 3 is 2.65 bits per heavy atom. The summed E-state index contributed by atoms with van der Waals surface area (Å²) in [4.78, 5) is 0. The molecule has 1 atom stereocenters. The summed E-state index contributed by atoms with van der Waals surface area (Å²) in [7, 11) is 0. The number of halogens is 1. The molecule has 0 saturated heterocycles. The molecule has 0 radical (unpaired) electrons. The average molecular weight is 257 g/mol. The molecular weight excluding hydrogens is 240 g/mol. The van der Waals surface area contributed by atoms with Crippen LogP contribution in [0.1, 0.15) is 26.3 Å². The van der Waals surface area contributed by atoms with Crippen molar-refractivity contribution >= 4 is 11.6 Å². The van der Waals surface area contributed by atoms with Gasteiger partial charge in [0, 0.05) is 0 Å². The SMILES string of the molecule is CC(C)(C)c1ccc2c(c1)OC(O)(CCl)CO2. The molecule has 17 heavy (non-hydrogen) atoms. The molecule has 3 nitrogen and oxygen atoms in total. The Hall–Kier alpha value is -0.930. The number of ether oxygens (including phenoxy) is 2. The summed E-state index contributed by atoms with van der Waals surface area (Å²) in [5.41, 5.74) is 1.15. The number of fused-ring (bicyclic) bond motifs is 1. The van der Waals surface area contributed by atoms with Crippen LogP contribution >= 0.6 is 11.6 Å². The first kappa shape index (κ1) is 12.5. The van der Waals surface area contributed by atoms with E-state index in [1.54, 1.807) is 0 Å². The molecule has 1 aliphatic rings. The number of alkyl halides is 1. The largest absolute Gasteiger partial charge is 0.483 e. The molecule has 0 aliphatic carbocycles. The van der Waals surface area contributed by atoms with E-state index in [0.29, 0.717) is 11.5 Å². The van der Waals surface area contributed by atoms with Crippen LogP contribution in [-0.4, -0.2) is 23.4 Å². The van der Waals surface area contributed by atoms with Gasteiger partial charge in [-0.1, -0.05) is 26.8 Å². The van der Waals surface area contributed by atoms with Crippen molar-refractivity contribution in [3.8, 4) is 11.5 Å². The van der Waals surface area contributed by atoms with Crippen LogP contribution in [0, 0.1) is 0 Å². The minimum absolute atomic E-state index is 0.0216. The van der Waals surface area contributed by atoms with Crippen molar-refractivity contribution in [3.63, 3.8) is 0 Å². The smallest absolute Gasteiger partial charge is 0.256 e. The molecule has 0 aromatic heterocycles. The predicted molar refractivity (Wildman–Crippen MR) is 66.9 cm³/mol. The first-order chi connectivity index (χ1) is 7.84. The summed E-state index contributed by atoms with van der Waals surface area (Å²) >= 11 is 5.66. The summed E-state index contributed by atoms with van der Waals surface area (Å²) in [6.07, 6.45) is 0. The molecule has 1 heterocycles. The number of benzene rings is 1. The lowest BCUT2D eigenvalue weighted by Gasteiger charge is -2.33. The minimum Gasteiger partial charge on any atom is -0.483 e. The van der Waals surface area contributed by atoms with Crippen LogP contribution in [0.2, 0.25) is 0 Å². The Kier molecular flexibility index (Phi) is 3.00. The Morgan fingerprint density at radius 1 is 1.35 bits per heavy atom. The van der Waals surface area contributed by atoms with E-state index in [0.717, 1.165) is 5.56 Å². The molecule has 1 unspecified atom stereocenters. The molecule has 1 aliphatic heterocycles. The van der Waals surface area contributed by atoms with E-state index in [2.05, 4.69) is 20.8 Å². The van der Waals surface area contributed by atoms with E-state index in [9.17, 15) is 5.11 Å². The topological polar surface area (TPSA) is 38.7 Å². The van der Waals surface area contributed by atoms with Gasteiger partial charge in [0.05, 0.1) is 5.88 Å². The molecule has 94 valence electrons. The Morgan fingerprint density at radius 2 is 2.06 bits per heavy atom. The van der Waals surface area contributed by atoms with Crippen LogP contribution in [0.4, 0.5) is 0 Å². The molecule has 4 heteroatoms. The molecule has 2 rings (SSSR count). The van der Waals surface area contributed by atoms with E-state index >= 15 is 0 Å². The molecule has 0 amide bonds. The lowest BCUT2D eigenvalue weighted by molar-refractivity contribution is -0.156. The van der Waals surface area contributed by atoms with Crippen LogP contribution < -0.4 is 9.47 Å². The van der Waals surface area contributed by atoms with Gasteiger partial charge in [0.2, 0.25) is 0 Å². The highest BCUT2D eigenvalue weighted by Gasteiger charge is 2.35. The fourth-order valence-corrected chi connectivity index (χ4v) is 1.80. The molecule has 1 N–H and O–H groups in total. The number of aliphatic hydroxyl groups is 1. The van der Waals surface area contributed by atoms with Crippen molar-refractivity contribution in [2.24, 2.45) is 0 Å².